The van der Waals surface area contributed by atoms with Crippen LogP contribution in [0.25, 0.3) is 0 Å². The number of ether oxygens (including phenoxy) is 1. The molecule has 1 saturated carbocycles. The first kappa shape index (κ1) is 14.3. The predicted octanol–water partition coefficient (Wildman–Crippen LogP) is 1.95. The predicted molar refractivity (Wildman–Crippen MR) is 72.4 cm³/mol. The first-order valence-corrected chi connectivity index (χ1v) is 7.33. The molecule has 0 unspecified atom stereocenters. The van der Waals surface area contributed by atoms with E-state index in [1.165, 1.54) is 0 Å². The minimum absolute atomic E-state index is 0.0170. The molecule has 1 aliphatic heterocycles. The van der Waals surface area contributed by atoms with Crippen LogP contribution in [0.2, 0.25) is 0 Å². The van der Waals surface area contributed by atoms with Crippen LogP contribution in [-0.2, 0) is 9.57 Å². The Morgan fingerprint density at radius 1 is 0.944 bits per heavy atom. The van der Waals surface area contributed by atoms with Crippen molar-refractivity contribution in [3.63, 3.8) is 0 Å². The smallest absolute Gasteiger partial charge is 0.0795 e. The highest BCUT2D eigenvalue weighted by Gasteiger charge is 2.27. The van der Waals surface area contributed by atoms with Gasteiger partial charge in [0.25, 0.3) is 0 Å². The quantitative estimate of drug-likeness (QED) is 0.837. The summed E-state index contributed by atoms with van der Waals surface area (Å²) in [6.07, 6.45) is 5.35. The van der Waals surface area contributed by atoms with Crippen molar-refractivity contribution >= 4 is 0 Å². The molecular formula is C14H28N2O2. The number of piperazine rings is 1. The van der Waals surface area contributed by atoms with E-state index in [4.69, 9.17) is 9.57 Å². The lowest BCUT2D eigenvalue weighted by molar-refractivity contribution is -0.216. The molecule has 0 radical (unpaired) electrons. The van der Waals surface area contributed by atoms with Gasteiger partial charge in [0.2, 0.25) is 0 Å². The Morgan fingerprint density at radius 2 is 1.50 bits per heavy atom. The lowest BCUT2D eigenvalue weighted by atomic mass is 9.94. The van der Waals surface area contributed by atoms with Gasteiger partial charge in [-0.2, -0.15) is 5.06 Å². The van der Waals surface area contributed by atoms with Crippen LogP contribution in [0.1, 0.15) is 46.5 Å². The minimum Gasteiger partial charge on any atom is -0.373 e. The Labute approximate surface area is 111 Å². The van der Waals surface area contributed by atoms with E-state index in [1.54, 1.807) is 0 Å². The van der Waals surface area contributed by atoms with E-state index < -0.39 is 0 Å². The average molecular weight is 256 g/mol. The molecule has 0 amide bonds. The fraction of sp³-hybridized carbons (Fsp3) is 1.00. The topological polar surface area (TPSA) is 33.7 Å². The Morgan fingerprint density at radius 3 is 2.06 bits per heavy atom. The molecule has 2 aliphatic rings. The SMILES string of the molecule is CC(C)(C)OC1CCC(ON2CCNCC2)CC1. The lowest BCUT2D eigenvalue weighted by Crippen LogP contribution is -2.45. The molecule has 18 heavy (non-hydrogen) atoms. The van der Waals surface area contributed by atoms with Crippen molar-refractivity contribution in [2.24, 2.45) is 0 Å². The Bertz CT molecular complexity index is 239. The molecule has 106 valence electrons. The molecule has 0 aromatic rings. The van der Waals surface area contributed by atoms with Gasteiger partial charge < -0.3 is 10.1 Å². The highest BCUT2D eigenvalue weighted by Crippen LogP contribution is 2.27. The summed E-state index contributed by atoms with van der Waals surface area (Å²) in [5, 5.41) is 5.47. The summed E-state index contributed by atoms with van der Waals surface area (Å²) >= 11 is 0. The monoisotopic (exact) mass is 256 g/mol. The Balaban J connectivity index is 1.66. The van der Waals surface area contributed by atoms with Gasteiger partial charge in [-0.25, -0.2) is 0 Å². The molecule has 0 bridgehead atoms. The van der Waals surface area contributed by atoms with Gasteiger partial charge in [0.05, 0.1) is 17.8 Å². The van der Waals surface area contributed by atoms with Crippen molar-refractivity contribution in [2.45, 2.75) is 64.3 Å². The second-order valence-electron chi connectivity index (χ2n) is 6.41. The molecule has 1 heterocycles. The summed E-state index contributed by atoms with van der Waals surface area (Å²) in [4.78, 5) is 6.05. The summed E-state index contributed by atoms with van der Waals surface area (Å²) in [7, 11) is 0. The van der Waals surface area contributed by atoms with E-state index >= 15 is 0 Å². The summed E-state index contributed by atoms with van der Waals surface area (Å²) in [6, 6.07) is 0. The van der Waals surface area contributed by atoms with Gasteiger partial charge in [-0.15, -0.1) is 0 Å². The second kappa shape index (κ2) is 6.33. The molecule has 2 fully saturated rings. The number of hydrogen-bond donors (Lipinski definition) is 1. The number of nitrogens with zero attached hydrogens (tertiary/aromatic N) is 1. The van der Waals surface area contributed by atoms with E-state index in [1.807, 2.05) is 0 Å². The maximum atomic E-state index is 6.05. The summed E-state index contributed by atoms with van der Waals surface area (Å²) in [6.45, 7) is 10.5. The third kappa shape index (κ3) is 4.84. The van der Waals surface area contributed by atoms with E-state index in [-0.39, 0.29) is 5.60 Å². The summed E-state index contributed by atoms with van der Waals surface area (Å²) in [5.74, 6) is 0. The van der Waals surface area contributed by atoms with Gasteiger partial charge in [0.1, 0.15) is 0 Å². The molecular weight excluding hydrogens is 228 g/mol. The van der Waals surface area contributed by atoms with Crippen LogP contribution in [0.3, 0.4) is 0 Å². The lowest BCUT2D eigenvalue weighted by Gasteiger charge is -2.36. The van der Waals surface area contributed by atoms with Crippen LogP contribution in [0.5, 0.6) is 0 Å². The average Bonchev–Trinajstić information content (AvgIpc) is 2.31. The normalized spacial score (nSPS) is 31.5. The molecule has 0 spiro atoms. The number of rotatable bonds is 3. The van der Waals surface area contributed by atoms with Gasteiger partial charge in [-0.3, -0.25) is 4.84 Å². The van der Waals surface area contributed by atoms with E-state index in [2.05, 4.69) is 31.2 Å². The van der Waals surface area contributed by atoms with Crippen molar-refractivity contribution in [1.29, 1.82) is 0 Å². The molecule has 4 nitrogen and oxygen atoms in total. The van der Waals surface area contributed by atoms with Gasteiger partial charge in [0.15, 0.2) is 0 Å². The highest BCUT2D eigenvalue weighted by atomic mass is 16.7. The zero-order valence-electron chi connectivity index (χ0n) is 12.1. The summed E-state index contributed by atoms with van der Waals surface area (Å²) < 4.78 is 6.04. The zero-order chi connectivity index (χ0) is 13.0. The molecule has 1 N–H and O–H groups in total. The largest absolute Gasteiger partial charge is 0.373 e. The van der Waals surface area contributed by atoms with Gasteiger partial charge in [-0.05, 0) is 46.5 Å². The van der Waals surface area contributed by atoms with Crippen molar-refractivity contribution in [3.05, 3.63) is 0 Å². The molecule has 0 aromatic carbocycles. The van der Waals surface area contributed by atoms with Gasteiger partial charge in [0, 0.05) is 26.2 Å². The second-order valence-corrected chi connectivity index (χ2v) is 6.41. The van der Waals surface area contributed by atoms with Crippen LogP contribution in [0, 0.1) is 0 Å². The van der Waals surface area contributed by atoms with Crippen LogP contribution in [0.4, 0.5) is 0 Å². The van der Waals surface area contributed by atoms with Crippen LogP contribution >= 0.6 is 0 Å². The molecule has 0 aromatic heterocycles. The number of nitrogens with one attached hydrogen (secondary N) is 1. The fourth-order valence-corrected chi connectivity index (χ4v) is 2.72. The van der Waals surface area contributed by atoms with Crippen LogP contribution in [0.15, 0.2) is 0 Å². The van der Waals surface area contributed by atoms with Crippen molar-refractivity contribution in [1.82, 2.24) is 10.4 Å². The molecule has 2 rings (SSSR count). The van der Waals surface area contributed by atoms with E-state index in [9.17, 15) is 0 Å². The van der Waals surface area contributed by atoms with Gasteiger partial charge >= 0.3 is 0 Å². The van der Waals surface area contributed by atoms with Crippen molar-refractivity contribution in [3.8, 4) is 0 Å². The standard InChI is InChI=1S/C14H28N2O2/c1-14(2,3)17-12-4-6-13(7-5-12)18-16-10-8-15-9-11-16/h12-13,15H,4-11H2,1-3H3. The van der Waals surface area contributed by atoms with Crippen molar-refractivity contribution < 1.29 is 9.57 Å². The van der Waals surface area contributed by atoms with Crippen molar-refractivity contribution in [2.75, 3.05) is 26.2 Å². The van der Waals surface area contributed by atoms with E-state index in [0.717, 1.165) is 51.9 Å². The zero-order valence-corrected chi connectivity index (χ0v) is 12.1. The highest BCUT2D eigenvalue weighted by molar-refractivity contribution is 4.76. The molecule has 4 heteroatoms. The van der Waals surface area contributed by atoms with Crippen LogP contribution in [-0.4, -0.2) is 49.1 Å². The first-order chi connectivity index (χ1) is 8.53. The van der Waals surface area contributed by atoms with Crippen LogP contribution < -0.4 is 5.32 Å². The minimum atomic E-state index is -0.0170. The Kier molecular flexibility index (Phi) is 5.01. The molecule has 0 atom stereocenters. The third-order valence-corrected chi connectivity index (χ3v) is 3.52. The maximum Gasteiger partial charge on any atom is 0.0795 e. The molecule has 1 saturated heterocycles. The number of hydrogen-bond acceptors (Lipinski definition) is 4. The fourth-order valence-electron chi connectivity index (χ4n) is 2.72. The molecule has 1 aliphatic carbocycles. The van der Waals surface area contributed by atoms with Gasteiger partial charge in [-0.1, -0.05) is 0 Å². The van der Waals surface area contributed by atoms with E-state index in [0.29, 0.717) is 12.2 Å². The third-order valence-electron chi connectivity index (χ3n) is 3.52. The maximum absolute atomic E-state index is 6.05. The Hall–Kier alpha value is -0.160. The summed E-state index contributed by atoms with van der Waals surface area (Å²) in [5.41, 5.74) is -0.0170. The number of hydroxylamine groups is 2. The first-order valence-electron chi connectivity index (χ1n) is 7.33.